The van der Waals surface area contributed by atoms with Crippen LogP contribution in [0.25, 0.3) is 0 Å². The Bertz CT molecular complexity index is 381. The summed E-state index contributed by atoms with van der Waals surface area (Å²) >= 11 is 0. The molecule has 1 aromatic carbocycles. The highest BCUT2D eigenvalue weighted by molar-refractivity contribution is 5.53. The molecule has 0 bridgehead atoms. The van der Waals surface area contributed by atoms with E-state index in [-0.39, 0.29) is 0 Å². The molecular formula is C12H14O4. The van der Waals surface area contributed by atoms with Crippen molar-refractivity contribution < 1.29 is 19.3 Å². The van der Waals surface area contributed by atoms with E-state index >= 15 is 0 Å². The van der Waals surface area contributed by atoms with Crippen LogP contribution in [0, 0.1) is 12.3 Å². The molecule has 0 saturated carbocycles. The van der Waals surface area contributed by atoms with Crippen molar-refractivity contribution in [1.82, 2.24) is 0 Å². The minimum atomic E-state index is -1.07. The quantitative estimate of drug-likeness (QED) is 0.782. The zero-order valence-corrected chi connectivity index (χ0v) is 9.48. The van der Waals surface area contributed by atoms with Crippen LogP contribution in [-0.2, 0) is 0 Å². The molecule has 0 saturated heterocycles. The molecule has 0 aliphatic heterocycles. The van der Waals surface area contributed by atoms with Gasteiger partial charge in [-0.2, -0.15) is 0 Å². The van der Waals surface area contributed by atoms with E-state index in [0.29, 0.717) is 22.8 Å². The lowest BCUT2D eigenvalue weighted by atomic mass is 10.1. The van der Waals surface area contributed by atoms with E-state index < -0.39 is 6.10 Å². The SMILES string of the molecule is C#CC(O)c1c(OC)cc(OC)cc1OC. The van der Waals surface area contributed by atoms with E-state index in [1.807, 2.05) is 0 Å². The molecule has 0 heterocycles. The van der Waals surface area contributed by atoms with Crippen LogP contribution in [-0.4, -0.2) is 26.4 Å². The van der Waals surface area contributed by atoms with E-state index in [4.69, 9.17) is 20.6 Å². The Morgan fingerprint density at radius 2 is 1.62 bits per heavy atom. The average molecular weight is 222 g/mol. The van der Waals surface area contributed by atoms with Gasteiger partial charge in [-0.05, 0) is 0 Å². The van der Waals surface area contributed by atoms with Crippen molar-refractivity contribution in [3.05, 3.63) is 17.7 Å². The van der Waals surface area contributed by atoms with Crippen LogP contribution in [0.5, 0.6) is 17.2 Å². The minimum Gasteiger partial charge on any atom is -0.496 e. The summed E-state index contributed by atoms with van der Waals surface area (Å²) in [5.41, 5.74) is 0.424. The first-order chi connectivity index (χ1) is 7.67. The Morgan fingerprint density at radius 1 is 1.12 bits per heavy atom. The molecule has 0 radical (unpaired) electrons. The molecule has 0 fully saturated rings. The smallest absolute Gasteiger partial charge is 0.147 e. The lowest BCUT2D eigenvalue weighted by Crippen LogP contribution is -2.02. The number of methoxy groups -OCH3 is 3. The van der Waals surface area contributed by atoms with Gasteiger partial charge in [0.2, 0.25) is 0 Å². The van der Waals surface area contributed by atoms with Crippen molar-refractivity contribution in [2.75, 3.05) is 21.3 Å². The van der Waals surface area contributed by atoms with Gasteiger partial charge in [0.1, 0.15) is 23.4 Å². The fourth-order valence-electron chi connectivity index (χ4n) is 1.39. The Hall–Kier alpha value is -1.86. The van der Waals surface area contributed by atoms with Crippen LogP contribution in [0.4, 0.5) is 0 Å². The van der Waals surface area contributed by atoms with Crippen LogP contribution in [0.3, 0.4) is 0 Å². The number of benzene rings is 1. The first kappa shape index (κ1) is 12.2. The predicted molar refractivity (Wildman–Crippen MR) is 59.9 cm³/mol. The summed E-state index contributed by atoms with van der Waals surface area (Å²) in [6.07, 6.45) is 4.11. The van der Waals surface area contributed by atoms with Crippen molar-refractivity contribution in [2.45, 2.75) is 6.10 Å². The topological polar surface area (TPSA) is 47.9 Å². The molecule has 4 heteroatoms. The Labute approximate surface area is 94.8 Å². The van der Waals surface area contributed by atoms with Gasteiger partial charge in [0, 0.05) is 12.1 Å². The molecule has 0 aliphatic carbocycles. The summed E-state index contributed by atoms with van der Waals surface area (Å²) in [4.78, 5) is 0. The number of aliphatic hydroxyl groups excluding tert-OH is 1. The van der Waals surface area contributed by atoms with Gasteiger partial charge in [-0.3, -0.25) is 0 Å². The molecule has 0 spiro atoms. The molecule has 86 valence electrons. The van der Waals surface area contributed by atoms with Gasteiger partial charge < -0.3 is 19.3 Å². The summed E-state index contributed by atoms with van der Waals surface area (Å²) < 4.78 is 15.3. The molecule has 1 rings (SSSR count). The molecule has 1 atom stereocenters. The zero-order valence-electron chi connectivity index (χ0n) is 9.48. The summed E-state index contributed by atoms with van der Waals surface area (Å²) in [6, 6.07) is 3.27. The molecule has 16 heavy (non-hydrogen) atoms. The number of ether oxygens (including phenoxy) is 3. The van der Waals surface area contributed by atoms with E-state index in [1.165, 1.54) is 21.3 Å². The van der Waals surface area contributed by atoms with Gasteiger partial charge in [0.25, 0.3) is 0 Å². The fraction of sp³-hybridized carbons (Fsp3) is 0.333. The van der Waals surface area contributed by atoms with E-state index in [0.717, 1.165) is 0 Å². The summed E-state index contributed by atoms with van der Waals surface area (Å²) in [6.45, 7) is 0. The first-order valence-electron chi connectivity index (χ1n) is 4.62. The van der Waals surface area contributed by atoms with Crippen molar-refractivity contribution >= 4 is 0 Å². The monoisotopic (exact) mass is 222 g/mol. The number of rotatable bonds is 4. The maximum Gasteiger partial charge on any atom is 0.147 e. The number of aliphatic hydroxyl groups is 1. The summed E-state index contributed by atoms with van der Waals surface area (Å²) in [7, 11) is 4.51. The average Bonchev–Trinajstić information content (AvgIpc) is 2.35. The number of hydrogen-bond donors (Lipinski definition) is 1. The predicted octanol–water partition coefficient (Wildman–Crippen LogP) is 1.38. The second-order valence-corrected chi connectivity index (χ2v) is 3.01. The van der Waals surface area contributed by atoms with Gasteiger partial charge >= 0.3 is 0 Å². The third-order valence-electron chi connectivity index (χ3n) is 2.18. The van der Waals surface area contributed by atoms with Crippen LogP contribution in [0.2, 0.25) is 0 Å². The number of hydrogen-bond acceptors (Lipinski definition) is 4. The molecule has 1 aromatic rings. The lowest BCUT2D eigenvalue weighted by molar-refractivity contribution is 0.225. The summed E-state index contributed by atoms with van der Waals surface area (Å²) in [5, 5.41) is 9.68. The Kier molecular flexibility index (Phi) is 4.03. The number of terminal acetylenes is 1. The zero-order chi connectivity index (χ0) is 12.1. The van der Waals surface area contributed by atoms with Gasteiger partial charge in [0.15, 0.2) is 0 Å². The highest BCUT2D eigenvalue weighted by Gasteiger charge is 2.18. The first-order valence-corrected chi connectivity index (χ1v) is 4.62. The highest BCUT2D eigenvalue weighted by atomic mass is 16.5. The van der Waals surface area contributed by atoms with E-state index in [1.54, 1.807) is 12.1 Å². The fourth-order valence-corrected chi connectivity index (χ4v) is 1.39. The molecule has 1 N–H and O–H groups in total. The second-order valence-electron chi connectivity index (χ2n) is 3.01. The third-order valence-corrected chi connectivity index (χ3v) is 2.18. The van der Waals surface area contributed by atoms with Crippen LogP contribution in [0.1, 0.15) is 11.7 Å². The van der Waals surface area contributed by atoms with Crippen LogP contribution >= 0.6 is 0 Å². The summed E-state index contributed by atoms with van der Waals surface area (Å²) in [5.74, 6) is 3.66. The van der Waals surface area contributed by atoms with Crippen LogP contribution < -0.4 is 14.2 Å². The van der Waals surface area contributed by atoms with Crippen LogP contribution in [0.15, 0.2) is 12.1 Å². The molecular weight excluding hydrogens is 208 g/mol. The normalized spacial score (nSPS) is 11.4. The van der Waals surface area contributed by atoms with Crippen molar-refractivity contribution in [1.29, 1.82) is 0 Å². The molecule has 0 aromatic heterocycles. The molecule has 4 nitrogen and oxygen atoms in total. The van der Waals surface area contributed by atoms with Gasteiger partial charge in [-0.1, -0.05) is 5.92 Å². The standard InChI is InChI=1S/C12H14O4/c1-5-9(13)12-10(15-3)6-8(14-2)7-11(12)16-4/h1,6-7,9,13H,2-4H3. The molecule has 0 aliphatic rings. The van der Waals surface area contributed by atoms with E-state index in [2.05, 4.69) is 5.92 Å². The Morgan fingerprint density at radius 3 is 1.94 bits per heavy atom. The second kappa shape index (κ2) is 5.29. The lowest BCUT2D eigenvalue weighted by Gasteiger charge is -2.16. The molecule has 0 amide bonds. The maximum absolute atomic E-state index is 9.68. The Balaban J connectivity index is 3.38. The molecule has 1 unspecified atom stereocenters. The van der Waals surface area contributed by atoms with Crippen molar-refractivity contribution in [3.63, 3.8) is 0 Å². The van der Waals surface area contributed by atoms with Gasteiger partial charge in [-0.25, -0.2) is 0 Å². The van der Waals surface area contributed by atoms with Gasteiger partial charge in [0.05, 0.1) is 26.9 Å². The van der Waals surface area contributed by atoms with Gasteiger partial charge in [-0.15, -0.1) is 6.42 Å². The highest BCUT2D eigenvalue weighted by Crippen LogP contribution is 2.37. The largest absolute Gasteiger partial charge is 0.496 e. The maximum atomic E-state index is 9.68. The third kappa shape index (κ3) is 2.20. The minimum absolute atomic E-state index is 0.424. The van der Waals surface area contributed by atoms with Crippen molar-refractivity contribution in [2.24, 2.45) is 0 Å². The van der Waals surface area contributed by atoms with Crippen molar-refractivity contribution in [3.8, 4) is 29.6 Å². The van der Waals surface area contributed by atoms with E-state index in [9.17, 15) is 5.11 Å².